The largest absolute Gasteiger partial charge is 0.348 e. The Labute approximate surface area is 215 Å². The number of carbonyl (C=O) groups excluding carboxylic acids is 1. The summed E-state index contributed by atoms with van der Waals surface area (Å²) in [6.45, 7) is 7.93. The number of hydrogen-bond acceptors (Lipinski definition) is 5. The van der Waals surface area contributed by atoms with E-state index in [0.717, 1.165) is 46.7 Å². The molecule has 1 aliphatic rings. The van der Waals surface area contributed by atoms with Gasteiger partial charge in [-0.15, -0.1) is 5.10 Å². The highest BCUT2D eigenvalue weighted by atomic mass is 19.1. The zero-order chi connectivity index (χ0) is 26.1. The van der Waals surface area contributed by atoms with E-state index in [1.165, 1.54) is 0 Å². The van der Waals surface area contributed by atoms with Crippen LogP contribution in [0.3, 0.4) is 0 Å². The molecule has 1 amide bonds. The molecule has 1 unspecified atom stereocenters. The zero-order valence-electron chi connectivity index (χ0n) is 21.6. The highest BCUT2D eigenvalue weighted by molar-refractivity contribution is 5.96. The van der Waals surface area contributed by atoms with Crippen molar-refractivity contribution >= 4 is 5.91 Å². The Hall–Kier alpha value is -3.88. The average Bonchev–Trinajstić information content (AvgIpc) is 3.44. The van der Waals surface area contributed by atoms with Gasteiger partial charge in [-0.1, -0.05) is 43.7 Å². The van der Waals surface area contributed by atoms with Gasteiger partial charge in [0.25, 0.3) is 5.91 Å². The molecule has 2 heterocycles. The van der Waals surface area contributed by atoms with Gasteiger partial charge in [-0.2, -0.15) is 9.78 Å². The lowest BCUT2D eigenvalue weighted by atomic mass is 10.00. The number of rotatable bonds is 9. The molecule has 0 saturated heterocycles. The third-order valence-corrected chi connectivity index (χ3v) is 6.64. The minimum atomic E-state index is -0.586. The third kappa shape index (κ3) is 5.45. The molecule has 8 nitrogen and oxygen atoms in total. The minimum Gasteiger partial charge on any atom is -0.348 e. The molecule has 2 aromatic heterocycles. The molecule has 37 heavy (non-hydrogen) atoms. The van der Waals surface area contributed by atoms with E-state index in [0.29, 0.717) is 23.7 Å². The summed E-state index contributed by atoms with van der Waals surface area (Å²) < 4.78 is 16.8. The Morgan fingerprint density at radius 2 is 1.84 bits per heavy atom. The molecular formula is C28H32FN7O. The SMILES string of the molecule is Cc1ccc(-c2cc(C(=O)NC(C)Cn3nc(CF)cc3C3CC3)cc(-n3nnnc3C(C)C)c2)cc1. The molecule has 5 rings (SSSR count). The van der Waals surface area contributed by atoms with E-state index in [2.05, 4.69) is 25.9 Å². The second kappa shape index (κ2) is 10.2. The van der Waals surface area contributed by atoms with Crippen molar-refractivity contribution in [2.75, 3.05) is 0 Å². The Morgan fingerprint density at radius 1 is 1.08 bits per heavy atom. The number of benzene rings is 2. The van der Waals surface area contributed by atoms with Crippen LogP contribution in [0.2, 0.25) is 0 Å². The van der Waals surface area contributed by atoms with E-state index in [9.17, 15) is 9.18 Å². The summed E-state index contributed by atoms with van der Waals surface area (Å²) in [7, 11) is 0. The molecule has 1 atom stereocenters. The van der Waals surface area contributed by atoms with E-state index in [-0.39, 0.29) is 17.9 Å². The number of aromatic nitrogens is 6. The van der Waals surface area contributed by atoms with Crippen molar-refractivity contribution in [3.8, 4) is 16.8 Å². The van der Waals surface area contributed by atoms with E-state index in [1.54, 1.807) is 4.68 Å². The van der Waals surface area contributed by atoms with Crippen LogP contribution in [-0.2, 0) is 13.2 Å². The lowest BCUT2D eigenvalue weighted by Crippen LogP contribution is -2.36. The Bertz CT molecular complexity index is 1400. The first-order chi connectivity index (χ1) is 17.8. The first kappa shape index (κ1) is 24.8. The summed E-state index contributed by atoms with van der Waals surface area (Å²) in [4.78, 5) is 13.5. The van der Waals surface area contributed by atoms with Crippen molar-refractivity contribution in [1.82, 2.24) is 35.3 Å². The van der Waals surface area contributed by atoms with Crippen LogP contribution in [0.4, 0.5) is 4.39 Å². The van der Waals surface area contributed by atoms with Gasteiger partial charge in [-0.3, -0.25) is 9.48 Å². The van der Waals surface area contributed by atoms with Gasteiger partial charge in [-0.25, -0.2) is 4.39 Å². The van der Waals surface area contributed by atoms with Crippen LogP contribution in [0.25, 0.3) is 16.8 Å². The van der Waals surface area contributed by atoms with Crippen molar-refractivity contribution in [2.45, 2.75) is 71.6 Å². The fourth-order valence-electron chi connectivity index (χ4n) is 4.53. The summed E-state index contributed by atoms with van der Waals surface area (Å²) in [5, 5.41) is 19.8. The number of nitrogens with one attached hydrogen (secondary N) is 1. The van der Waals surface area contributed by atoms with E-state index < -0.39 is 6.67 Å². The number of hydrogen-bond donors (Lipinski definition) is 1. The summed E-state index contributed by atoms with van der Waals surface area (Å²) in [5.41, 5.74) is 5.79. The number of tetrazole rings is 1. The highest BCUT2D eigenvalue weighted by Gasteiger charge is 2.28. The topological polar surface area (TPSA) is 90.5 Å². The molecule has 9 heteroatoms. The highest BCUT2D eigenvalue weighted by Crippen LogP contribution is 2.40. The van der Waals surface area contributed by atoms with Crippen LogP contribution in [0.15, 0.2) is 48.5 Å². The van der Waals surface area contributed by atoms with Crippen LogP contribution in [0.5, 0.6) is 0 Å². The first-order valence-corrected chi connectivity index (χ1v) is 12.8. The fourth-order valence-corrected chi connectivity index (χ4v) is 4.53. The van der Waals surface area contributed by atoms with Crippen molar-refractivity contribution in [1.29, 1.82) is 0 Å². The number of carbonyl (C=O) groups is 1. The molecule has 2 aromatic carbocycles. The van der Waals surface area contributed by atoms with Crippen molar-refractivity contribution in [3.63, 3.8) is 0 Å². The maximum absolute atomic E-state index is 13.5. The summed E-state index contributed by atoms with van der Waals surface area (Å²) in [6.07, 6.45) is 2.20. The van der Waals surface area contributed by atoms with Crippen LogP contribution in [0.1, 0.15) is 78.6 Å². The van der Waals surface area contributed by atoms with Crippen LogP contribution in [0, 0.1) is 6.92 Å². The molecule has 0 bridgehead atoms. The van der Waals surface area contributed by atoms with Crippen LogP contribution in [-0.4, -0.2) is 41.9 Å². The molecular weight excluding hydrogens is 469 g/mol. The number of amides is 1. The quantitative estimate of drug-likeness (QED) is 0.344. The van der Waals surface area contributed by atoms with Gasteiger partial charge < -0.3 is 5.32 Å². The molecule has 4 aromatic rings. The van der Waals surface area contributed by atoms with Gasteiger partial charge in [-0.05, 0) is 72.5 Å². The number of nitrogens with zero attached hydrogens (tertiary/aromatic N) is 6. The predicted molar refractivity (Wildman–Crippen MR) is 139 cm³/mol. The molecule has 1 saturated carbocycles. The lowest BCUT2D eigenvalue weighted by molar-refractivity contribution is 0.0935. The number of alkyl halides is 1. The van der Waals surface area contributed by atoms with Gasteiger partial charge in [0.15, 0.2) is 5.82 Å². The van der Waals surface area contributed by atoms with Crippen LogP contribution < -0.4 is 5.32 Å². The lowest BCUT2D eigenvalue weighted by Gasteiger charge is -2.17. The normalized spacial score (nSPS) is 14.2. The van der Waals surface area contributed by atoms with E-state index in [4.69, 9.17) is 0 Å². The molecule has 0 aliphatic heterocycles. The standard InChI is InChI=1S/C28H32FN7O/c1-17(2)27-31-33-34-36(27)25-12-22(20-7-5-18(3)6-8-20)11-23(13-25)28(37)30-19(4)16-35-26(21-9-10-21)14-24(15-29)32-35/h5-8,11-14,17,19,21H,9-10,15-16H2,1-4H3,(H,30,37). The van der Waals surface area contributed by atoms with Crippen LogP contribution >= 0.6 is 0 Å². The zero-order valence-corrected chi connectivity index (χ0v) is 21.6. The van der Waals surface area contributed by atoms with Gasteiger partial charge >= 0.3 is 0 Å². The second-order valence-corrected chi connectivity index (χ2v) is 10.3. The summed E-state index contributed by atoms with van der Waals surface area (Å²) in [6, 6.07) is 15.5. The smallest absolute Gasteiger partial charge is 0.251 e. The Kier molecular flexibility index (Phi) is 6.86. The van der Waals surface area contributed by atoms with Crippen molar-refractivity contribution in [3.05, 3.63) is 76.9 Å². The van der Waals surface area contributed by atoms with Gasteiger partial charge in [0.2, 0.25) is 0 Å². The number of aryl methyl sites for hydroxylation is 1. The molecule has 192 valence electrons. The monoisotopic (exact) mass is 501 g/mol. The van der Waals surface area contributed by atoms with E-state index in [1.807, 2.05) is 80.9 Å². The molecule has 1 fully saturated rings. The Morgan fingerprint density at radius 3 is 2.51 bits per heavy atom. The molecule has 0 spiro atoms. The molecule has 1 aliphatic carbocycles. The van der Waals surface area contributed by atoms with Crippen molar-refractivity contribution in [2.24, 2.45) is 0 Å². The van der Waals surface area contributed by atoms with Gasteiger partial charge in [0.05, 0.1) is 17.9 Å². The van der Waals surface area contributed by atoms with E-state index >= 15 is 0 Å². The molecule has 1 N–H and O–H groups in total. The maximum atomic E-state index is 13.5. The van der Waals surface area contributed by atoms with Crippen molar-refractivity contribution < 1.29 is 9.18 Å². The summed E-state index contributed by atoms with van der Waals surface area (Å²) >= 11 is 0. The van der Waals surface area contributed by atoms with Gasteiger partial charge in [0, 0.05) is 29.1 Å². The Balaban J connectivity index is 1.44. The maximum Gasteiger partial charge on any atom is 0.251 e. The summed E-state index contributed by atoms with van der Waals surface area (Å²) in [5.74, 6) is 1.07. The third-order valence-electron chi connectivity index (χ3n) is 6.64. The van der Waals surface area contributed by atoms with Gasteiger partial charge in [0.1, 0.15) is 6.67 Å². The fraction of sp³-hybridized carbons (Fsp3) is 0.393. The average molecular weight is 502 g/mol. The molecule has 0 radical (unpaired) electrons. The predicted octanol–water partition coefficient (Wildman–Crippen LogP) is 5.12. The minimum absolute atomic E-state index is 0.110. The second-order valence-electron chi connectivity index (χ2n) is 10.3. The number of halogens is 1. The first-order valence-electron chi connectivity index (χ1n) is 12.8.